The van der Waals surface area contributed by atoms with E-state index in [-0.39, 0.29) is 12.8 Å². The highest BCUT2D eigenvalue weighted by molar-refractivity contribution is 7.98. The first-order chi connectivity index (χ1) is 15.2. The highest BCUT2D eigenvalue weighted by Crippen LogP contribution is 2.22. The molecule has 2 fully saturated rings. The van der Waals surface area contributed by atoms with Crippen LogP contribution in [0.15, 0.2) is 0 Å². The molecule has 2 rings (SSSR count). The van der Waals surface area contributed by atoms with Gasteiger partial charge in [-0.2, -0.15) is 11.8 Å². The number of carboxylic acids is 2. The zero-order valence-electron chi connectivity index (χ0n) is 18.2. The number of hydrogen-bond donors (Lipinski definition) is 4. The molecule has 2 aliphatic heterocycles. The normalized spacial score (nSPS) is 22.4. The fourth-order valence-electron chi connectivity index (χ4n) is 4.17. The van der Waals surface area contributed by atoms with Crippen LogP contribution in [-0.2, 0) is 24.0 Å². The second-order valence-electron chi connectivity index (χ2n) is 8.10. The van der Waals surface area contributed by atoms with Crippen molar-refractivity contribution in [2.45, 2.75) is 69.1 Å². The quantitative estimate of drug-likeness (QED) is 0.309. The van der Waals surface area contributed by atoms with Gasteiger partial charge in [-0.15, -0.1) is 0 Å². The van der Waals surface area contributed by atoms with E-state index in [1.807, 2.05) is 6.26 Å². The van der Waals surface area contributed by atoms with Crippen molar-refractivity contribution in [2.75, 3.05) is 25.1 Å². The van der Waals surface area contributed by atoms with Gasteiger partial charge in [-0.25, -0.2) is 4.79 Å². The van der Waals surface area contributed by atoms with Crippen LogP contribution < -0.4 is 11.1 Å². The lowest BCUT2D eigenvalue weighted by Crippen LogP contribution is -2.56. The topological polar surface area (TPSA) is 170 Å². The van der Waals surface area contributed by atoms with Gasteiger partial charge in [-0.3, -0.25) is 19.2 Å². The fourth-order valence-corrected chi connectivity index (χ4v) is 4.64. The van der Waals surface area contributed by atoms with Crippen molar-refractivity contribution in [3.05, 3.63) is 0 Å². The molecule has 4 unspecified atom stereocenters. The van der Waals surface area contributed by atoms with Crippen LogP contribution in [0.4, 0.5) is 0 Å². The molecule has 180 valence electrons. The van der Waals surface area contributed by atoms with E-state index < -0.39 is 53.8 Å². The third-order valence-corrected chi connectivity index (χ3v) is 6.52. The van der Waals surface area contributed by atoms with Crippen LogP contribution in [-0.4, -0.2) is 98.9 Å². The average molecular weight is 473 g/mol. The Morgan fingerprint density at radius 1 is 1.00 bits per heavy atom. The fraction of sp³-hybridized carbons (Fsp3) is 0.750. The molecule has 2 aliphatic rings. The van der Waals surface area contributed by atoms with Gasteiger partial charge in [-0.1, -0.05) is 0 Å². The summed E-state index contributed by atoms with van der Waals surface area (Å²) < 4.78 is 0. The summed E-state index contributed by atoms with van der Waals surface area (Å²) in [6.45, 7) is 0.655. The Morgan fingerprint density at radius 2 is 1.59 bits per heavy atom. The summed E-state index contributed by atoms with van der Waals surface area (Å²) in [6.07, 6.45) is 3.90. The zero-order valence-corrected chi connectivity index (χ0v) is 19.0. The molecule has 0 aromatic carbocycles. The molecule has 2 saturated heterocycles. The lowest BCUT2D eigenvalue weighted by Gasteiger charge is -2.30. The second-order valence-corrected chi connectivity index (χ2v) is 9.08. The van der Waals surface area contributed by atoms with Gasteiger partial charge in [0.05, 0.1) is 6.04 Å². The molecular formula is C20H32N4O7S. The van der Waals surface area contributed by atoms with Crippen LogP contribution in [0, 0.1) is 0 Å². The number of likely N-dealkylation sites (tertiary alicyclic amines) is 2. The van der Waals surface area contributed by atoms with Crippen molar-refractivity contribution in [2.24, 2.45) is 5.73 Å². The Kier molecular flexibility index (Phi) is 9.76. The Bertz CT molecular complexity index is 735. The molecule has 0 aromatic heterocycles. The zero-order chi connectivity index (χ0) is 23.8. The number of aliphatic carboxylic acids is 2. The van der Waals surface area contributed by atoms with E-state index in [0.717, 1.165) is 0 Å². The first kappa shape index (κ1) is 25.9. The number of carboxylic acid groups (broad SMARTS) is 2. The van der Waals surface area contributed by atoms with Gasteiger partial charge < -0.3 is 31.1 Å². The predicted octanol–water partition coefficient (Wildman–Crippen LogP) is -0.517. The number of carbonyl (C=O) groups is 5. The molecule has 0 bridgehead atoms. The molecular weight excluding hydrogens is 440 g/mol. The molecule has 2 heterocycles. The third-order valence-electron chi connectivity index (χ3n) is 5.87. The molecule has 0 radical (unpaired) electrons. The van der Waals surface area contributed by atoms with E-state index in [1.54, 1.807) is 0 Å². The van der Waals surface area contributed by atoms with Gasteiger partial charge in [0.2, 0.25) is 17.7 Å². The standard InChI is InChI=1S/C20H32N4O7S/c1-32-11-8-13(19(29)24-10-3-5-15(24)20(30)31)22-17(27)14-4-2-9-23(14)18(28)12(21)6-7-16(25)26/h12-15H,2-11,21H2,1H3,(H,22,27)(H,25,26)(H,30,31). The van der Waals surface area contributed by atoms with E-state index >= 15 is 0 Å². The molecule has 0 spiro atoms. The number of nitrogens with one attached hydrogen (secondary N) is 1. The molecule has 32 heavy (non-hydrogen) atoms. The van der Waals surface area contributed by atoms with Gasteiger partial charge in [-0.05, 0) is 50.5 Å². The summed E-state index contributed by atoms with van der Waals surface area (Å²) in [5.41, 5.74) is 5.84. The van der Waals surface area contributed by atoms with E-state index in [0.29, 0.717) is 50.9 Å². The Balaban J connectivity index is 2.07. The van der Waals surface area contributed by atoms with Crippen LogP contribution in [0.1, 0.15) is 44.9 Å². The molecule has 0 aromatic rings. The van der Waals surface area contributed by atoms with Crippen LogP contribution >= 0.6 is 11.8 Å². The van der Waals surface area contributed by atoms with Crippen LogP contribution in [0.25, 0.3) is 0 Å². The monoisotopic (exact) mass is 472 g/mol. The average Bonchev–Trinajstić information content (AvgIpc) is 3.43. The number of hydrogen-bond acceptors (Lipinski definition) is 7. The van der Waals surface area contributed by atoms with Gasteiger partial charge in [0.1, 0.15) is 18.1 Å². The summed E-state index contributed by atoms with van der Waals surface area (Å²) in [5, 5.41) is 20.9. The molecule has 4 atom stereocenters. The summed E-state index contributed by atoms with van der Waals surface area (Å²) in [7, 11) is 0. The van der Waals surface area contributed by atoms with Crippen molar-refractivity contribution in [1.82, 2.24) is 15.1 Å². The Labute approximate surface area is 191 Å². The summed E-state index contributed by atoms with van der Waals surface area (Å²) in [5.74, 6) is -2.91. The predicted molar refractivity (Wildman–Crippen MR) is 117 cm³/mol. The number of nitrogens with zero attached hydrogens (tertiary/aromatic N) is 2. The Hall–Kier alpha value is -2.34. The van der Waals surface area contributed by atoms with Crippen molar-refractivity contribution < 1.29 is 34.2 Å². The van der Waals surface area contributed by atoms with Gasteiger partial charge in [0, 0.05) is 19.5 Å². The van der Waals surface area contributed by atoms with Crippen molar-refractivity contribution in [1.29, 1.82) is 0 Å². The molecule has 3 amide bonds. The number of amides is 3. The molecule has 11 nitrogen and oxygen atoms in total. The van der Waals surface area contributed by atoms with Gasteiger partial charge in [0.15, 0.2) is 0 Å². The summed E-state index contributed by atoms with van der Waals surface area (Å²) in [4.78, 5) is 63.7. The first-order valence-corrected chi connectivity index (χ1v) is 12.2. The summed E-state index contributed by atoms with van der Waals surface area (Å²) >= 11 is 1.51. The highest BCUT2D eigenvalue weighted by atomic mass is 32.2. The molecule has 12 heteroatoms. The minimum atomic E-state index is -1.06. The van der Waals surface area contributed by atoms with E-state index in [4.69, 9.17) is 10.8 Å². The second kappa shape index (κ2) is 12.0. The van der Waals surface area contributed by atoms with Gasteiger partial charge in [0.25, 0.3) is 0 Å². The maximum atomic E-state index is 13.1. The maximum absolute atomic E-state index is 13.1. The number of rotatable bonds is 11. The van der Waals surface area contributed by atoms with Crippen LogP contribution in [0.3, 0.4) is 0 Å². The SMILES string of the molecule is CSCCC(NC(=O)C1CCCN1C(=O)C(N)CCC(=O)O)C(=O)N1CCCC1C(=O)O. The minimum Gasteiger partial charge on any atom is -0.481 e. The van der Waals surface area contributed by atoms with E-state index in [9.17, 15) is 29.1 Å². The molecule has 0 aliphatic carbocycles. The van der Waals surface area contributed by atoms with Crippen molar-refractivity contribution in [3.8, 4) is 0 Å². The van der Waals surface area contributed by atoms with Crippen LogP contribution in [0.2, 0.25) is 0 Å². The van der Waals surface area contributed by atoms with E-state index in [2.05, 4.69) is 5.32 Å². The minimum absolute atomic E-state index is 0.0284. The highest BCUT2D eigenvalue weighted by Gasteiger charge is 2.40. The van der Waals surface area contributed by atoms with Crippen LogP contribution in [0.5, 0.6) is 0 Å². The van der Waals surface area contributed by atoms with E-state index in [1.165, 1.54) is 21.6 Å². The number of carbonyl (C=O) groups excluding carboxylic acids is 3. The lowest BCUT2D eigenvalue weighted by molar-refractivity contribution is -0.149. The molecule has 5 N–H and O–H groups in total. The summed E-state index contributed by atoms with van der Waals surface area (Å²) in [6, 6.07) is -3.59. The smallest absolute Gasteiger partial charge is 0.326 e. The largest absolute Gasteiger partial charge is 0.481 e. The maximum Gasteiger partial charge on any atom is 0.326 e. The van der Waals surface area contributed by atoms with Gasteiger partial charge >= 0.3 is 11.9 Å². The third kappa shape index (κ3) is 6.58. The Morgan fingerprint density at radius 3 is 2.16 bits per heavy atom. The number of thioether (sulfide) groups is 1. The number of nitrogens with two attached hydrogens (primary N) is 1. The molecule has 0 saturated carbocycles. The van der Waals surface area contributed by atoms with Crippen molar-refractivity contribution in [3.63, 3.8) is 0 Å². The first-order valence-electron chi connectivity index (χ1n) is 10.8. The lowest BCUT2D eigenvalue weighted by atomic mass is 10.1. The van der Waals surface area contributed by atoms with Crippen molar-refractivity contribution >= 4 is 41.4 Å².